The predicted molar refractivity (Wildman–Crippen MR) is 47.3 cm³/mol. The second-order valence-electron chi connectivity index (χ2n) is 2.53. The van der Waals surface area contributed by atoms with Crippen LogP contribution in [0.5, 0.6) is 5.75 Å². The van der Waals surface area contributed by atoms with Gasteiger partial charge in [0.1, 0.15) is 7.11 Å². The summed E-state index contributed by atoms with van der Waals surface area (Å²) in [7, 11) is 1.42. The van der Waals surface area contributed by atoms with Crippen LogP contribution < -0.4 is 0 Å². The van der Waals surface area contributed by atoms with E-state index in [2.05, 4.69) is 9.99 Å². The quantitative estimate of drug-likeness (QED) is 0.562. The maximum absolute atomic E-state index is 12.8. The molecule has 0 aliphatic carbocycles. The van der Waals surface area contributed by atoms with Gasteiger partial charge < -0.3 is 9.94 Å². The molecule has 13 heavy (non-hydrogen) atoms. The SMILES string of the molecule is CO/N=C(\C)c1ccc(O)c(F)c1. The van der Waals surface area contributed by atoms with E-state index in [1.807, 2.05) is 0 Å². The Bertz CT molecular complexity index is 336. The molecule has 0 aliphatic rings. The summed E-state index contributed by atoms with van der Waals surface area (Å²) in [4.78, 5) is 4.53. The number of halogens is 1. The van der Waals surface area contributed by atoms with E-state index in [4.69, 9.17) is 5.11 Å². The average molecular weight is 183 g/mol. The van der Waals surface area contributed by atoms with Crippen molar-refractivity contribution in [1.82, 2.24) is 0 Å². The monoisotopic (exact) mass is 183 g/mol. The average Bonchev–Trinajstić information content (AvgIpc) is 2.10. The molecule has 4 heteroatoms. The molecule has 0 fully saturated rings. The van der Waals surface area contributed by atoms with Crippen LogP contribution in [-0.2, 0) is 4.84 Å². The van der Waals surface area contributed by atoms with Gasteiger partial charge in [0.2, 0.25) is 0 Å². The Morgan fingerprint density at radius 3 is 2.77 bits per heavy atom. The number of hydrogen-bond donors (Lipinski definition) is 1. The van der Waals surface area contributed by atoms with Crippen molar-refractivity contribution in [1.29, 1.82) is 0 Å². The third kappa shape index (κ3) is 2.18. The van der Waals surface area contributed by atoms with Crippen molar-refractivity contribution in [2.75, 3.05) is 7.11 Å². The van der Waals surface area contributed by atoms with Crippen molar-refractivity contribution in [2.24, 2.45) is 5.16 Å². The molecule has 0 aromatic heterocycles. The third-order valence-electron chi connectivity index (χ3n) is 1.59. The molecule has 1 aromatic carbocycles. The second-order valence-corrected chi connectivity index (χ2v) is 2.53. The van der Waals surface area contributed by atoms with Crippen LogP contribution in [0.2, 0.25) is 0 Å². The lowest BCUT2D eigenvalue weighted by atomic mass is 10.1. The van der Waals surface area contributed by atoms with E-state index in [0.29, 0.717) is 11.3 Å². The van der Waals surface area contributed by atoms with E-state index in [0.717, 1.165) is 0 Å². The summed E-state index contributed by atoms with van der Waals surface area (Å²) in [5.74, 6) is -1.03. The Morgan fingerprint density at radius 1 is 1.54 bits per heavy atom. The maximum Gasteiger partial charge on any atom is 0.165 e. The predicted octanol–water partition coefficient (Wildman–Crippen LogP) is 1.90. The van der Waals surface area contributed by atoms with E-state index in [1.165, 1.54) is 19.2 Å². The zero-order chi connectivity index (χ0) is 9.84. The van der Waals surface area contributed by atoms with E-state index >= 15 is 0 Å². The van der Waals surface area contributed by atoms with E-state index < -0.39 is 5.82 Å². The largest absolute Gasteiger partial charge is 0.505 e. The smallest absolute Gasteiger partial charge is 0.165 e. The van der Waals surface area contributed by atoms with Crippen molar-refractivity contribution in [3.63, 3.8) is 0 Å². The van der Waals surface area contributed by atoms with Crippen molar-refractivity contribution in [3.05, 3.63) is 29.6 Å². The van der Waals surface area contributed by atoms with Crippen molar-refractivity contribution < 1.29 is 14.3 Å². The second kappa shape index (κ2) is 3.89. The lowest BCUT2D eigenvalue weighted by molar-refractivity contribution is 0.213. The molecular weight excluding hydrogens is 173 g/mol. The molecule has 0 unspecified atom stereocenters. The summed E-state index contributed by atoms with van der Waals surface area (Å²) in [5, 5.41) is 12.5. The van der Waals surface area contributed by atoms with Gasteiger partial charge in [-0.05, 0) is 25.1 Å². The van der Waals surface area contributed by atoms with Crippen molar-refractivity contribution in [3.8, 4) is 5.75 Å². The first-order valence-corrected chi connectivity index (χ1v) is 3.72. The number of aromatic hydroxyl groups is 1. The molecule has 0 saturated heterocycles. The van der Waals surface area contributed by atoms with Crippen LogP contribution in [0.4, 0.5) is 4.39 Å². The molecule has 0 amide bonds. The van der Waals surface area contributed by atoms with Crippen LogP contribution in [0.1, 0.15) is 12.5 Å². The van der Waals surface area contributed by atoms with Gasteiger partial charge in [-0.1, -0.05) is 5.16 Å². The van der Waals surface area contributed by atoms with Gasteiger partial charge in [-0.2, -0.15) is 0 Å². The molecule has 1 N–H and O–H groups in total. The third-order valence-corrected chi connectivity index (χ3v) is 1.59. The maximum atomic E-state index is 12.8. The highest BCUT2D eigenvalue weighted by atomic mass is 19.1. The molecule has 0 saturated carbocycles. The zero-order valence-corrected chi connectivity index (χ0v) is 7.41. The highest BCUT2D eigenvalue weighted by molar-refractivity contribution is 5.98. The first-order valence-electron chi connectivity index (χ1n) is 3.72. The van der Waals surface area contributed by atoms with Crippen LogP contribution >= 0.6 is 0 Å². The first kappa shape index (κ1) is 9.51. The van der Waals surface area contributed by atoms with Gasteiger partial charge >= 0.3 is 0 Å². The van der Waals surface area contributed by atoms with Crippen LogP contribution in [0, 0.1) is 5.82 Å². The fourth-order valence-electron chi connectivity index (χ4n) is 0.922. The topological polar surface area (TPSA) is 41.8 Å². The minimum atomic E-state index is -0.664. The number of phenols is 1. The summed E-state index contributed by atoms with van der Waals surface area (Å²) >= 11 is 0. The molecular formula is C9H10FNO2. The fourth-order valence-corrected chi connectivity index (χ4v) is 0.922. The molecule has 0 aliphatic heterocycles. The Balaban J connectivity index is 3.04. The number of nitrogens with zero attached hydrogens (tertiary/aromatic N) is 1. The minimum absolute atomic E-state index is 0.367. The van der Waals surface area contributed by atoms with Crippen LogP contribution in [0.15, 0.2) is 23.4 Å². The van der Waals surface area contributed by atoms with Crippen molar-refractivity contribution >= 4 is 5.71 Å². The summed E-state index contributed by atoms with van der Waals surface area (Å²) in [6.45, 7) is 1.69. The number of benzene rings is 1. The van der Waals surface area contributed by atoms with Crippen LogP contribution in [0.3, 0.4) is 0 Å². The Morgan fingerprint density at radius 2 is 2.23 bits per heavy atom. The highest BCUT2D eigenvalue weighted by Crippen LogP contribution is 2.16. The van der Waals surface area contributed by atoms with Gasteiger partial charge in [-0.3, -0.25) is 0 Å². The van der Waals surface area contributed by atoms with E-state index in [-0.39, 0.29) is 5.75 Å². The zero-order valence-electron chi connectivity index (χ0n) is 7.41. The number of phenolic OH excluding ortho intramolecular Hbond substituents is 1. The van der Waals surface area contributed by atoms with Gasteiger partial charge in [-0.15, -0.1) is 0 Å². The molecule has 70 valence electrons. The standard InChI is InChI=1S/C9H10FNO2/c1-6(11-13-2)7-3-4-9(12)8(10)5-7/h3-5,12H,1-2H3/b11-6+. The normalized spacial score (nSPS) is 11.5. The summed E-state index contributed by atoms with van der Waals surface area (Å²) < 4.78 is 12.8. The summed E-state index contributed by atoms with van der Waals surface area (Å²) in [5.41, 5.74) is 1.14. The molecule has 0 radical (unpaired) electrons. The lowest BCUT2D eigenvalue weighted by Crippen LogP contribution is -1.95. The Kier molecular flexibility index (Phi) is 2.84. The van der Waals surface area contributed by atoms with Gasteiger partial charge in [-0.25, -0.2) is 4.39 Å². The van der Waals surface area contributed by atoms with Gasteiger partial charge in [0.25, 0.3) is 0 Å². The molecule has 0 atom stereocenters. The van der Waals surface area contributed by atoms with E-state index in [1.54, 1.807) is 13.0 Å². The number of rotatable bonds is 2. The Hall–Kier alpha value is -1.58. The van der Waals surface area contributed by atoms with E-state index in [9.17, 15) is 4.39 Å². The summed E-state index contributed by atoms with van der Waals surface area (Å²) in [6, 6.07) is 4.04. The Labute approximate surface area is 75.4 Å². The number of hydrogen-bond acceptors (Lipinski definition) is 3. The molecule has 1 aromatic rings. The van der Waals surface area contributed by atoms with Crippen molar-refractivity contribution in [2.45, 2.75) is 6.92 Å². The van der Waals surface area contributed by atoms with Crippen LogP contribution in [0.25, 0.3) is 0 Å². The first-order chi connectivity index (χ1) is 6.15. The fraction of sp³-hybridized carbons (Fsp3) is 0.222. The summed E-state index contributed by atoms with van der Waals surface area (Å²) in [6.07, 6.45) is 0. The molecule has 0 bridgehead atoms. The molecule has 0 heterocycles. The van der Waals surface area contributed by atoms with Crippen LogP contribution in [-0.4, -0.2) is 17.9 Å². The molecule has 1 rings (SSSR count). The minimum Gasteiger partial charge on any atom is -0.505 e. The van der Waals surface area contributed by atoms with Gasteiger partial charge in [0, 0.05) is 5.56 Å². The van der Waals surface area contributed by atoms with Gasteiger partial charge in [0.15, 0.2) is 11.6 Å². The van der Waals surface area contributed by atoms with Gasteiger partial charge in [0.05, 0.1) is 5.71 Å². The lowest BCUT2D eigenvalue weighted by Gasteiger charge is -2.00. The highest BCUT2D eigenvalue weighted by Gasteiger charge is 2.03. The molecule has 3 nitrogen and oxygen atoms in total. The number of oxime groups is 1. The molecule has 0 spiro atoms.